The fourth-order valence-corrected chi connectivity index (χ4v) is 2.30. The van der Waals surface area contributed by atoms with Gasteiger partial charge in [-0.3, -0.25) is 4.99 Å². The Kier molecular flexibility index (Phi) is 6.74. The number of aromatic nitrogens is 3. The van der Waals surface area contributed by atoms with Crippen LogP contribution in [0, 0.1) is 13.8 Å². The van der Waals surface area contributed by atoms with E-state index in [0.29, 0.717) is 13.2 Å². The summed E-state index contributed by atoms with van der Waals surface area (Å²) in [4.78, 5) is 8.68. The molecule has 0 aliphatic carbocycles. The van der Waals surface area contributed by atoms with E-state index in [0.717, 1.165) is 41.9 Å². The van der Waals surface area contributed by atoms with Crippen LogP contribution in [-0.4, -0.2) is 47.5 Å². The Morgan fingerprint density at radius 3 is 2.71 bits per heavy atom. The van der Waals surface area contributed by atoms with Crippen LogP contribution in [0.15, 0.2) is 29.4 Å². The average Bonchev–Trinajstić information content (AvgIpc) is 2.93. The van der Waals surface area contributed by atoms with Gasteiger partial charge in [-0.05, 0) is 38.5 Å². The summed E-state index contributed by atoms with van der Waals surface area (Å²) in [5.74, 6) is 1.57. The van der Waals surface area contributed by atoms with Crippen molar-refractivity contribution in [3.05, 3.63) is 41.3 Å². The van der Waals surface area contributed by atoms with Crippen molar-refractivity contribution in [1.82, 2.24) is 25.4 Å². The van der Waals surface area contributed by atoms with Crippen LogP contribution in [0.1, 0.15) is 23.9 Å². The predicted molar refractivity (Wildman–Crippen MR) is 95.5 cm³/mol. The van der Waals surface area contributed by atoms with Gasteiger partial charge in [-0.15, -0.1) is 0 Å². The molecule has 7 nitrogen and oxygen atoms in total. The third-order valence-corrected chi connectivity index (χ3v) is 3.46. The maximum Gasteiger partial charge on any atom is 0.191 e. The maximum atomic E-state index is 5.29. The zero-order valence-electron chi connectivity index (χ0n) is 14.8. The first-order valence-corrected chi connectivity index (χ1v) is 8.15. The van der Waals surface area contributed by atoms with Crippen molar-refractivity contribution >= 4 is 5.96 Å². The van der Waals surface area contributed by atoms with Gasteiger partial charge in [-0.25, -0.2) is 9.67 Å². The van der Waals surface area contributed by atoms with Gasteiger partial charge in [0.15, 0.2) is 11.8 Å². The van der Waals surface area contributed by atoms with E-state index in [4.69, 9.17) is 4.74 Å². The summed E-state index contributed by atoms with van der Waals surface area (Å²) in [6.45, 7) is 8.75. The average molecular weight is 330 g/mol. The highest BCUT2D eigenvalue weighted by Gasteiger charge is 2.05. The SMILES string of the molecule is CCOCCNC(=NC)NCc1ccc(-n2nc(C)cc2C)nc1. The van der Waals surface area contributed by atoms with Crippen molar-refractivity contribution in [1.29, 1.82) is 0 Å². The van der Waals surface area contributed by atoms with Crippen LogP contribution in [0.2, 0.25) is 0 Å². The molecule has 0 atom stereocenters. The van der Waals surface area contributed by atoms with Gasteiger partial charge in [0, 0.05) is 38.6 Å². The molecule has 0 spiro atoms. The van der Waals surface area contributed by atoms with Crippen LogP contribution in [0.25, 0.3) is 5.82 Å². The molecule has 2 N–H and O–H groups in total. The number of rotatable bonds is 7. The third kappa shape index (κ3) is 5.06. The molecule has 0 aromatic carbocycles. The molecule has 24 heavy (non-hydrogen) atoms. The van der Waals surface area contributed by atoms with E-state index in [2.05, 4.69) is 25.7 Å². The topological polar surface area (TPSA) is 76.4 Å². The number of hydrogen-bond donors (Lipinski definition) is 2. The van der Waals surface area contributed by atoms with Gasteiger partial charge in [0.25, 0.3) is 0 Å². The second-order valence-corrected chi connectivity index (χ2v) is 5.41. The number of pyridine rings is 1. The summed E-state index contributed by atoms with van der Waals surface area (Å²) in [5.41, 5.74) is 3.14. The molecule has 0 unspecified atom stereocenters. The second kappa shape index (κ2) is 9.02. The third-order valence-electron chi connectivity index (χ3n) is 3.46. The maximum absolute atomic E-state index is 5.29. The number of ether oxygens (including phenoxy) is 1. The molecule has 2 aromatic rings. The lowest BCUT2D eigenvalue weighted by Gasteiger charge is -2.12. The Labute approximate surface area is 143 Å². The van der Waals surface area contributed by atoms with Crippen LogP contribution in [0.5, 0.6) is 0 Å². The molecule has 130 valence electrons. The Morgan fingerprint density at radius 2 is 2.12 bits per heavy atom. The van der Waals surface area contributed by atoms with E-state index in [9.17, 15) is 0 Å². The van der Waals surface area contributed by atoms with Crippen LogP contribution in [-0.2, 0) is 11.3 Å². The Morgan fingerprint density at radius 1 is 1.29 bits per heavy atom. The summed E-state index contributed by atoms with van der Waals surface area (Å²) in [5, 5.41) is 10.9. The number of aryl methyl sites for hydroxylation is 2. The van der Waals surface area contributed by atoms with Crippen molar-refractivity contribution in [2.45, 2.75) is 27.3 Å². The molecule has 7 heteroatoms. The molecule has 0 saturated heterocycles. The standard InChI is InChI=1S/C17H26N6O/c1-5-24-9-8-19-17(18-4)21-12-15-6-7-16(20-11-15)23-14(3)10-13(2)22-23/h6-7,10-11H,5,8-9,12H2,1-4H3,(H2,18,19,21). The minimum atomic E-state index is 0.651. The van der Waals surface area contributed by atoms with Crippen LogP contribution < -0.4 is 10.6 Å². The van der Waals surface area contributed by atoms with Crippen molar-refractivity contribution in [2.75, 3.05) is 26.8 Å². The van der Waals surface area contributed by atoms with Gasteiger partial charge < -0.3 is 15.4 Å². The van der Waals surface area contributed by atoms with Gasteiger partial charge in [0.05, 0.1) is 12.3 Å². The first-order chi connectivity index (χ1) is 11.6. The molecule has 2 aromatic heterocycles. The smallest absolute Gasteiger partial charge is 0.191 e. The Balaban J connectivity index is 1.88. The fourth-order valence-electron chi connectivity index (χ4n) is 2.30. The van der Waals surface area contributed by atoms with E-state index in [1.54, 1.807) is 7.05 Å². The monoisotopic (exact) mass is 330 g/mol. The first kappa shape index (κ1) is 17.9. The van der Waals surface area contributed by atoms with Gasteiger partial charge in [0.2, 0.25) is 0 Å². The molecule has 0 radical (unpaired) electrons. The number of aliphatic imine (C=N–C) groups is 1. The number of nitrogens with one attached hydrogen (secondary N) is 2. The second-order valence-electron chi connectivity index (χ2n) is 5.41. The molecule has 2 heterocycles. The molecular weight excluding hydrogens is 304 g/mol. The molecule has 0 aliphatic heterocycles. The number of hydrogen-bond acceptors (Lipinski definition) is 4. The van der Waals surface area contributed by atoms with E-state index in [1.165, 1.54) is 0 Å². The summed E-state index contributed by atoms with van der Waals surface area (Å²) in [6, 6.07) is 6.05. The predicted octanol–water partition coefficient (Wildman–Crippen LogP) is 1.59. The molecule has 0 amide bonds. The summed E-state index contributed by atoms with van der Waals surface area (Å²) in [7, 11) is 1.75. The molecule has 0 bridgehead atoms. The van der Waals surface area contributed by atoms with E-state index >= 15 is 0 Å². The highest BCUT2D eigenvalue weighted by Crippen LogP contribution is 2.10. The summed E-state index contributed by atoms with van der Waals surface area (Å²) in [6.07, 6.45) is 1.85. The normalized spacial score (nSPS) is 11.6. The summed E-state index contributed by atoms with van der Waals surface area (Å²) < 4.78 is 7.14. The zero-order valence-corrected chi connectivity index (χ0v) is 14.8. The van der Waals surface area contributed by atoms with Crippen LogP contribution in [0.4, 0.5) is 0 Å². The van der Waals surface area contributed by atoms with Crippen molar-refractivity contribution in [2.24, 2.45) is 4.99 Å². The fraction of sp³-hybridized carbons (Fsp3) is 0.471. The van der Waals surface area contributed by atoms with Gasteiger partial charge in [0.1, 0.15) is 0 Å². The van der Waals surface area contributed by atoms with E-state index < -0.39 is 0 Å². The minimum Gasteiger partial charge on any atom is -0.380 e. The van der Waals surface area contributed by atoms with Gasteiger partial charge in [-0.1, -0.05) is 6.07 Å². The zero-order chi connectivity index (χ0) is 17.4. The van der Waals surface area contributed by atoms with Gasteiger partial charge in [-0.2, -0.15) is 5.10 Å². The van der Waals surface area contributed by atoms with Crippen molar-refractivity contribution < 1.29 is 4.74 Å². The quantitative estimate of drug-likeness (QED) is 0.458. The Hall–Kier alpha value is -2.41. The van der Waals surface area contributed by atoms with Crippen molar-refractivity contribution in [3.63, 3.8) is 0 Å². The minimum absolute atomic E-state index is 0.651. The summed E-state index contributed by atoms with van der Waals surface area (Å²) >= 11 is 0. The lowest BCUT2D eigenvalue weighted by atomic mass is 10.3. The van der Waals surface area contributed by atoms with E-state index in [1.807, 2.05) is 49.8 Å². The highest BCUT2D eigenvalue weighted by molar-refractivity contribution is 5.79. The van der Waals surface area contributed by atoms with Gasteiger partial charge >= 0.3 is 0 Å². The van der Waals surface area contributed by atoms with Crippen LogP contribution >= 0.6 is 0 Å². The Bertz CT molecular complexity index is 662. The van der Waals surface area contributed by atoms with Crippen molar-refractivity contribution in [3.8, 4) is 5.82 Å². The number of guanidine groups is 1. The molecular formula is C17H26N6O. The lowest BCUT2D eigenvalue weighted by Crippen LogP contribution is -2.38. The number of nitrogens with zero attached hydrogens (tertiary/aromatic N) is 4. The largest absolute Gasteiger partial charge is 0.380 e. The van der Waals surface area contributed by atoms with Crippen LogP contribution in [0.3, 0.4) is 0 Å². The van der Waals surface area contributed by atoms with E-state index in [-0.39, 0.29) is 0 Å². The molecule has 0 saturated carbocycles. The molecule has 0 aliphatic rings. The molecule has 0 fully saturated rings. The highest BCUT2D eigenvalue weighted by atomic mass is 16.5. The molecule has 2 rings (SSSR count). The lowest BCUT2D eigenvalue weighted by molar-refractivity contribution is 0.152. The first-order valence-electron chi connectivity index (χ1n) is 8.15.